The summed E-state index contributed by atoms with van der Waals surface area (Å²) in [6.07, 6.45) is 2.23. The van der Waals surface area contributed by atoms with Crippen molar-refractivity contribution in [3.8, 4) is 11.5 Å². The zero-order valence-corrected chi connectivity index (χ0v) is 11.8. The van der Waals surface area contributed by atoms with Gasteiger partial charge in [-0.05, 0) is 25.0 Å². The number of hydrogen-bond acceptors (Lipinski definition) is 4. The van der Waals surface area contributed by atoms with Gasteiger partial charge in [-0.2, -0.15) is 0 Å². The summed E-state index contributed by atoms with van der Waals surface area (Å²) in [7, 11) is 3.12. The molecule has 1 N–H and O–H groups in total. The number of methoxy groups -OCH3 is 2. The molecular formula is C15H19NO4. The average Bonchev–Trinajstić information content (AvgIpc) is 2.47. The summed E-state index contributed by atoms with van der Waals surface area (Å²) in [5, 5.41) is 2.87. The molecule has 1 aromatic carbocycles. The molecule has 1 aromatic rings. The van der Waals surface area contributed by atoms with Gasteiger partial charge >= 0.3 is 0 Å². The van der Waals surface area contributed by atoms with Crippen LogP contribution in [0.15, 0.2) is 18.2 Å². The maximum Gasteiger partial charge on any atom is 0.227 e. The Bertz CT molecular complexity index is 503. The van der Waals surface area contributed by atoms with E-state index in [2.05, 4.69) is 5.32 Å². The minimum atomic E-state index is -0.108. The van der Waals surface area contributed by atoms with E-state index in [0.29, 0.717) is 42.9 Å². The fourth-order valence-corrected chi connectivity index (χ4v) is 2.35. The first kappa shape index (κ1) is 14.4. The first-order chi connectivity index (χ1) is 9.63. The number of Topliss-reactive ketones (excluding diaryl/α,β-unsaturated/α-hetero) is 1. The molecule has 0 heterocycles. The summed E-state index contributed by atoms with van der Waals surface area (Å²) in [5.41, 5.74) is 0.591. The smallest absolute Gasteiger partial charge is 0.227 e. The molecule has 0 bridgehead atoms. The SMILES string of the molecule is COc1ccc(OC)c(NC(=O)C2CCC(=O)CC2)c1. The number of anilines is 1. The molecule has 0 aromatic heterocycles. The van der Waals surface area contributed by atoms with Crippen molar-refractivity contribution in [3.05, 3.63) is 18.2 Å². The van der Waals surface area contributed by atoms with Crippen LogP contribution in [0.1, 0.15) is 25.7 Å². The first-order valence-electron chi connectivity index (χ1n) is 6.68. The summed E-state index contributed by atoms with van der Waals surface area (Å²) in [6.45, 7) is 0. The van der Waals surface area contributed by atoms with Gasteiger partial charge < -0.3 is 14.8 Å². The van der Waals surface area contributed by atoms with Gasteiger partial charge in [-0.1, -0.05) is 0 Å². The summed E-state index contributed by atoms with van der Waals surface area (Å²) in [4.78, 5) is 23.4. The second-order valence-corrected chi connectivity index (χ2v) is 4.87. The molecule has 1 aliphatic rings. The predicted molar refractivity (Wildman–Crippen MR) is 75.1 cm³/mol. The Kier molecular flexibility index (Phi) is 4.61. The molecule has 1 amide bonds. The van der Waals surface area contributed by atoms with Crippen molar-refractivity contribution in [3.63, 3.8) is 0 Å². The van der Waals surface area contributed by atoms with E-state index >= 15 is 0 Å². The highest BCUT2D eigenvalue weighted by Crippen LogP contribution is 2.30. The topological polar surface area (TPSA) is 64.6 Å². The van der Waals surface area contributed by atoms with Crippen molar-refractivity contribution in [2.45, 2.75) is 25.7 Å². The van der Waals surface area contributed by atoms with Gasteiger partial charge in [-0.25, -0.2) is 0 Å². The lowest BCUT2D eigenvalue weighted by Gasteiger charge is -2.21. The van der Waals surface area contributed by atoms with Crippen LogP contribution in [0.5, 0.6) is 11.5 Å². The van der Waals surface area contributed by atoms with E-state index in [1.807, 2.05) is 0 Å². The lowest BCUT2D eigenvalue weighted by atomic mass is 9.88. The zero-order valence-electron chi connectivity index (χ0n) is 11.8. The molecule has 5 heteroatoms. The standard InChI is InChI=1S/C15H19NO4/c1-19-12-7-8-14(20-2)13(9-12)16-15(18)10-3-5-11(17)6-4-10/h7-10H,3-6H2,1-2H3,(H,16,18). The Morgan fingerprint density at radius 2 is 1.90 bits per heavy atom. The third-order valence-electron chi connectivity index (χ3n) is 3.58. The molecule has 0 aliphatic heterocycles. The number of ketones is 1. The molecule has 1 fully saturated rings. The summed E-state index contributed by atoms with van der Waals surface area (Å²) in [5.74, 6) is 1.31. The number of rotatable bonds is 4. The van der Waals surface area contributed by atoms with Gasteiger partial charge in [0.25, 0.3) is 0 Å². The van der Waals surface area contributed by atoms with E-state index in [-0.39, 0.29) is 17.6 Å². The van der Waals surface area contributed by atoms with E-state index in [9.17, 15) is 9.59 Å². The van der Waals surface area contributed by atoms with Crippen molar-refractivity contribution in [1.29, 1.82) is 0 Å². The lowest BCUT2D eigenvalue weighted by Crippen LogP contribution is -2.27. The number of amides is 1. The van der Waals surface area contributed by atoms with Gasteiger partial charge in [-0.15, -0.1) is 0 Å². The minimum absolute atomic E-state index is 0.0657. The van der Waals surface area contributed by atoms with E-state index in [1.54, 1.807) is 32.4 Å². The Hall–Kier alpha value is -2.04. The van der Waals surface area contributed by atoms with Crippen LogP contribution in [0.4, 0.5) is 5.69 Å². The van der Waals surface area contributed by atoms with E-state index in [4.69, 9.17) is 9.47 Å². The van der Waals surface area contributed by atoms with Crippen molar-refractivity contribution in [2.24, 2.45) is 5.92 Å². The number of nitrogens with one attached hydrogen (secondary N) is 1. The molecule has 2 rings (SSSR count). The molecule has 0 saturated heterocycles. The fourth-order valence-electron chi connectivity index (χ4n) is 2.35. The van der Waals surface area contributed by atoms with Crippen molar-refractivity contribution >= 4 is 17.4 Å². The second kappa shape index (κ2) is 6.41. The van der Waals surface area contributed by atoms with Crippen LogP contribution < -0.4 is 14.8 Å². The monoisotopic (exact) mass is 277 g/mol. The third-order valence-corrected chi connectivity index (χ3v) is 3.58. The Balaban J connectivity index is 2.08. The average molecular weight is 277 g/mol. The maximum atomic E-state index is 12.2. The summed E-state index contributed by atoms with van der Waals surface area (Å²) in [6, 6.07) is 5.25. The highest BCUT2D eigenvalue weighted by atomic mass is 16.5. The van der Waals surface area contributed by atoms with E-state index in [0.717, 1.165) is 0 Å². The summed E-state index contributed by atoms with van der Waals surface area (Å²) < 4.78 is 10.4. The van der Waals surface area contributed by atoms with Gasteiger partial charge in [-0.3, -0.25) is 9.59 Å². The minimum Gasteiger partial charge on any atom is -0.497 e. The number of benzene rings is 1. The predicted octanol–water partition coefficient (Wildman–Crippen LogP) is 2.40. The molecule has 0 spiro atoms. The van der Waals surface area contributed by atoms with Gasteiger partial charge in [0.1, 0.15) is 17.3 Å². The Morgan fingerprint density at radius 1 is 1.20 bits per heavy atom. The van der Waals surface area contributed by atoms with Crippen LogP contribution in [0.2, 0.25) is 0 Å². The second-order valence-electron chi connectivity index (χ2n) is 4.87. The van der Waals surface area contributed by atoms with Crippen LogP contribution in [0.3, 0.4) is 0 Å². The fraction of sp³-hybridized carbons (Fsp3) is 0.467. The van der Waals surface area contributed by atoms with Crippen LogP contribution in [0.25, 0.3) is 0 Å². The van der Waals surface area contributed by atoms with Crippen molar-refractivity contribution in [1.82, 2.24) is 0 Å². The van der Waals surface area contributed by atoms with Crippen molar-refractivity contribution < 1.29 is 19.1 Å². The number of ether oxygens (including phenoxy) is 2. The molecule has 0 unspecified atom stereocenters. The van der Waals surface area contributed by atoms with Crippen LogP contribution >= 0.6 is 0 Å². The van der Waals surface area contributed by atoms with Gasteiger partial charge in [0.05, 0.1) is 19.9 Å². The maximum absolute atomic E-state index is 12.2. The number of carbonyl (C=O) groups excluding carboxylic acids is 2. The number of hydrogen-bond donors (Lipinski definition) is 1. The summed E-state index contributed by atoms with van der Waals surface area (Å²) >= 11 is 0. The van der Waals surface area contributed by atoms with Crippen LogP contribution in [-0.2, 0) is 9.59 Å². The molecular weight excluding hydrogens is 258 g/mol. The third kappa shape index (κ3) is 3.29. The quantitative estimate of drug-likeness (QED) is 0.917. The molecule has 108 valence electrons. The normalized spacial score (nSPS) is 15.8. The van der Waals surface area contributed by atoms with Crippen molar-refractivity contribution in [2.75, 3.05) is 19.5 Å². The Labute approximate surface area is 118 Å². The molecule has 1 saturated carbocycles. The van der Waals surface area contributed by atoms with E-state index in [1.165, 1.54) is 0 Å². The first-order valence-corrected chi connectivity index (χ1v) is 6.68. The molecule has 0 radical (unpaired) electrons. The van der Waals surface area contributed by atoms with Crippen LogP contribution in [-0.4, -0.2) is 25.9 Å². The molecule has 20 heavy (non-hydrogen) atoms. The van der Waals surface area contributed by atoms with Gasteiger partial charge in [0.2, 0.25) is 5.91 Å². The molecule has 0 atom stereocenters. The van der Waals surface area contributed by atoms with Gasteiger partial charge in [0, 0.05) is 24.8 Å². The molecule has 5 nitrogen and oxygen atoms in total. The largest absolute Gasteiger partial charge is 0.497 e. The van der Waals surface area contributed by atoms with Crippen LogP contribution in [0, 0.1) is 5.92 Å². The number of carbonyl (C=O) groups is 2. The lowest BCUT2D eigenvalue weighted by molar-refractivity contribution is -0.125. The Morgan fingerprint density at radius 3 is 2.50 bits per heavy atom. The van der Waals surface area contributed by atoms with E-state index < -0.39 is 0 Å². The molecule has 1 aliphatic carbocycles. The highest BCUT2D eigenvalue weighted by Gasteiger charge is 2.25. The zero-order chi connectivity index (χ0) is 14.5. The van der Waals surface area contributed by atoms with Gasteiger partial charge in [0.15, 0.2) is 0 Å². The highest BCUT2D eigenvalue weighted by molar-refractivity contribution is 5.95.